The number of anilines is 1. The summed E-state index contributed by atoms with van der Waals surface area (Å²) < 4.78 is 5.51. The molecule has 0 saturated carbocycles. The third kappa shape index (κ3) is 5.95. The fraction of sp³-hybridized carbons (Fsp3) is 0.562. The molecule has 4 heteroatoms. The quantitative estimate of drug-likeness (QED) is 0.718. The van der Waals surface area contributed by atoms with Gasteiger partial charge >= 0.3 is 0 Å². The van der Waals surface area contributed by atoms with Crippen molar-refractivity contribution >= 4 is 11.6 Å². The molecule has 0 fully saturated rings. The van der Waals surface area contributed by atoms with Crippen LogP contribution in [0.25, 0.3) is 0 Å². The van der Waals surface area contributed by atoms with E-state index in [1.807, 2.05) is 19.1 Å². The van der Waals surface area contributed by atoms with Gasteiger partial charge in [0.15, 0.2) is 0 Å². The van der Waals surface area contributed by atoms with Crippen LogP contribution >= 0.6 is 0 Å². The molecule has 0 saturated heterocycles. The molecule has 0 aliphatic heterocycles. The Morgan fingerprint density at radius 1 is 1.35 bits per heavy atom. The van der Waals surface area contributed by atoms with Crippen LogP contribution in [0.1, 0.15) is 40.0 Å². The summed E-state index contributed by atoms with van der Waals surface area (Å²) >= 11 is 0. The maximum atomic E-state index is 11.8. The van der Waals surface area contributed by atoms with Gasteiger partial charge in [0.25, 0.3) is 0 Å². The number of carbonyl (C=O) groups excluding carboxylic acids is 1. The summed E-state index contributed by atoms with van der Waals surface area (Å²) in [7, 11) is 0. The molecule has 0 aromatic heterocycles. The molecule has 0 aliphatic carbocycles. The van der Waals surface area contributed by atoms with Crippen molar-refractivity contribution in [2.45, 2.75) is 46.1 Å². The molecule has 0 aliphatic rings. The van der Waals surface area contributed by atoms with Crippen LogP contribution in [-0.2, 0) is 4.79 Å². The van der Waals surface area contributed by atoms with Gasteiger partial charge in [0, 0.05) is 6.04 Å². The van der Waals surface area contributed by atoms with Gasteiger partial charge in [-0.3, -0.25) is 4.79 Å². The van der Waals surface area contributed by atoms with Crippen molar-refractivity contribution in [2.75, 3.05) is 12.3 Å². The van der Waals surface area contributed by atoms with Crippen molar-refractivity contribution in [3.63, 3.8) is 0 Å². The minimum absolute atomic E-state index is 0.0234. The SMILES string of the molecule is CCC(C)CC(C)NC(=O)CCOc1ccccc1N. The second-order valence-electron chi connectivity index (χ2n) is 5.35. The van der Waals surface area contributed by atoms with Crippen LogP contribution in [0.5, 0.6) is 5.75 Å². The highest BCUT2D eigenvalue weighted by molar-refractivity contribution is 5.76. The normalized spacial score (nSPS) is 13.6. The maximum absolute atomic E-state index is 11.8. The highest BCUT2D eigenvalue weighted by Gasteiger charge is 2.10. The predicted molar refractivity (Wildman–Crippen MR) is 82.6 cm³/mol. The predicted octanol–water partition coefficient (Wildman–Crippen LogP) is 2.98. The Balaban J connectivity index is 2.25. The number of amides is 1. The molecular weight excluding hydrogens is 252 g/mol. The lowest BCUT2D eigenvalue weighted by Gasteiger charge is -2.17. The van der Waals surface area contributed by atoms with Crippen LogP contribution in [0.15, 0.2) is 24.3 Å². The Morgan fingerprint density at radius 3 is 2.70 bits per heavy atom. The van der Waals surface area contributed by atoms with E-state index in [0.717, 1.165) is 12.8 Å². The van der Waals surface area contributed by atoms with Crippen molar-refractivity contribution in [1.29, 1.82) is 0 Å². The van der Waals surface area contributed by atoms with Gasteiger partial charge in [-0.15, -0.1) is 0 Å². The van der Waals surface area contributed by atoms with E-state index in [1.165, 1.54) is 0 Å². The van der Waals surface area contributed by atoms with Crippen LogP contribution in [0.3, 0.4) is 0 Å². The third-order valence-corrected chi connectivity index (χ3v) is 3.37. The average molecular weight is 278 g/mol. The number of benzene rings is 1. The molecule has 1 aromatic carbocycles. The monoisotopic (exact) mass is 278 g/mol. The first-order valence-corrected chi connectivity index (χ1v) is 7.29. The van der Waals surface area contributed by atoms with E-state index in [1.54, 1.807) is 12.1 Å². The first kappa shape index (κ1) is 16.3. The van der Waals surface area contributed by atoms with Gasteiger partial charge in [0.2, 0.25) is 5.91 Å². The summed E-state index contributed by atoms with van der Waals surface area (Å²) in [4.78, 5) is 11.8. The Hall–Kier alpha value is -1.71. The molecule has 1 amide bonds. The van der Waals surface area contributed by atoms with Crippen molar-refractivity contribution in [1.82, 2.24) is 5.32 Å². The zero-order valence-electron chi connectivity index (χ0n) is 12.7. The molecule has 112 valence electrons. The molecule has 4 nitrogen and oxygen atoms in total. The van der Waals surface area contributed by atoms with Crippen LogP contribution in [0, 0.1) is 5.92 Å². The molecule has 0 bridgehead atoms. The zero-order valence-corrected chi connectivity index (χ0v) is 12.7. The van der Waals surface area contributed by atoms with Gasteiger partial charge in [-0.1, -0.05) is 32.4 Å². The van der Waals surface area contributed by atoms with Gasteiger partial charge in [-0.05, 0) is 31.4 Å². The lowest BCUT2D eigenvalue weighted by atomic mass is 10.0. The first-order chi connectivity index (χ1) is 9.52. The van der Waals surface area contributed by atoms with Crippen LogP contribution in [-0.4, -0.2) is 18.6 Å². The van der Waals surface area contributed by atoms with E-state index >= 15 is 0 Å². The fourth-order valence-corrected chi connectivity index (χ4v) is 2.04. The van der Waals surface area contributed by atoms with Crippen molar-refractivity contribution in [3.8, 4) is 5.75 Å². The lowest BCUT2D eigenvalue weighted by Crippen LogP contribution is -2.34. The number of nitrogens with two attached hydrogens (primary N) is 1. The van der Waals surface area contributed by atoms with E-state index < -0.39 is 0 Å². The zero-order chi connectivity index (χ0) is 15.0. The number of nitrogens with one attached hydrogen (secondary N) is 1. The van der Waals surface area contributed by atoms with E-state index in [9.17, 15) is 4.79 Å². The Bertz CT molecular complexity index is 421. The highest BCUT2D eigenvalue weighted by Crippen LogP contribution is 2.19. The highest BCUT2D eigenvalue weighted by atomic mass is 16.5. The van der Waals surface area contributed by atoms with E-state index in [-0.39, 0.29) is 11.9 Å². The minimum atomic E-state index is 0.0234. The largest absolute Gasteiger partial charge is 0.491 e. The second-order valence-corrected chi connectivity index (χ2v) is 5.35. The summed E-state index contributed by atoms with van der Waals surface area (Å²) in [5.41, 5.74) is 6.36. The molecule has 1 rings (SSSR count). The van der Waals surface area contributed by atoms with Gasteiger partial charge in [-0.25, -0.2) is 0 Å². The standard InChI is InChI=1S/C16H26N2O2/c1-4-12(2)11-13(3)18-16(19)9-10-20-15-8-6-5-7-14(15)17/h5-8,12-13H,4,9-11,17H2,1-3H3,(H,18,19). The molecule has 3 N–H and O–H groups in total. The van der Waals surface area contributed by atoms with Gasteiger partial charge in [0.1, 0.15) is 5.75 Å². The molecule has 20 heavy (non-hydrogen) atoms. The minimum Gasteiger partial charge on any atom is -0.491 e. The molecule has 2 unspecified atom stereocenters. The first-order valence-electron chi connectivity index (χ1n) is 7.29. The summed E-state index contributed by atoms with van der Waals surface area (Å²) in [6.07, 6.45) is 2.49. The van der Waals surface area contributed by atoms with Crippen molar-refractivity contribution in [3.05, 3.63) is 24.3 Å². The topological polar surface area (TPSA) is 64.3 Å². The van der Waals surface area contributed by atoms with Crippen molar-refractivity contribution < 1.29 is 9.53 Å². The fourth-order valence-electron chi connectivity index (χ4n) is 2.04. The maximum Gasteiger partial charge on any atom is 0.223 e. The number of para-hydroxylation sites is 2. The van der Waals surface area contributed by atoms with E-state index in [2.05, 4.69) is 19.2 Å². The Kier molecular flexibility index (Phi) is 6.91. The number of nitrogen functional groups attached to an aromatic ring is 1. The van der Waals surface area contributed by atoms with Crippen LogP contribution in [0.2, 0.25) is 0 Å². The number of carbonyl (C=O) groups is 1. The smallest absolute Gasteiger partial charge is 0.223 e. The van der Waals surface area contributed by atoms with Gasteiger partial charge in [-0.2, -0.15) is 0 Å². The number of rotatable bonds is 8. The van der Waals surface area contributed by atoms with Gasteiger partial charge < -0.3 is 15.8 Å². The second kappa shape index (κ2) is 8.46. The summed E-state index contributed by atoms with van der Waals surface area (Å²) in [5.74, 6) is 1.29. The Morgan fingerprint density at radius 2 is 2.05 bits per heavy atom. The third-order valence-electron chi connectivity index (χ3n) is 3.37. The molecular formula is C16H26N2O2. The van der Waals surface area contributed by atoms with E-state index in [4.69, 9.17) is 10.5 Å². The molecule has 2 atom stereocenters. The lowest BCUT2D eigenvalue weighted by molar-refractivity contribution is -0.122. The van der Waals surface area contributed by atoms with Crippen molar-refractivity contribution in [2.24, 2.45) is 5.92 Å². The summed E-state index contributed by atoms with van der Waals surface area (Å²) in [6.45, 7) is 6.75. The number of ether oxygens (including phenoxy) is 1. The molecule has 0 spiro atoms. The molecule has 0 heterocycles. The van der Waals surface area contributed by atoms with E-state index in [0.29, 0.717) is 30.4 Å². The summed E-state index contributed by atoms with van der Waals surface area (Å²) in [5, 5.41) is 3.00. The van der Waals surface area contributed by atoms with Crippen LogP contribution < -0.4 is 15.8 Å². The number of hydrogen-bond donors (Lipinski definition) is 2. The molecule has 0 radical (unpaired) electrons. The average Bonchev–Trinajstić information content (AvgIpc) is 2.40. The van der Waals surface area contributed by atoms with Gasteiger partial charge in [0.05, 0.1) is 18.7 Å². The molecule has 1 aromatic rings. The van der Waals surface area contributed by atoms with Crippen LogP contribution in [0.4, 0.5) is 5.69 Å². The summed E-state index contributed by atoms with van der Waals surface area (Å²) in [6, 6.07) is 7.51. The number of hydrogen-bond acceptors (Lipinski definition) is 3. The Labute approximate surface area is 121 Å².